The van der Waals surface area contributed by atoms with E-state index in [1.807, 2.05) is 0 Å². The van der Waals surface area contributed by atoms with Crippen molar-refractivity contribution in [2.75, 3.05) is 21.3 Å². The van der Waals surface area contributed by atoms with E-state index in [0.29, 0.717) is 23.5 Å². The van der Waals surface area contributed by atoms with Gasteiger partial charge < -0.3 is 14.8 Å². The lowest BCUT2D eigenvalue weighted by Crippen LogP contribution is -2.58. The Hall–Kier alpha value is -1.84. The normalized spacial score (nSPS) is 25.9. The summed E-state index contributed by atoms with van der Waals surface area (Å²) in [5.74, 6) is 0.889. The molecule has 150 valence electrons. The number of amides is 1. The average Bonchev–Trinajstić information content (AvgIpc) is 3.16. The van der Waals surface area contributed by atoms with Crippen molar-refractivity contribution in [3.05, 3.63) is 23.8 Å². The van der Waals surface area contributed by atoms with Gasteiger partial charge in [-0.1, -0.05) is 12.8 Å². The lowest BCUT2D eigenvalue weighted by molar-refractivity contribution is -0.126. The van der Waals surface area contributed by atoms with Gasteiger partial charge in [-0.25, -0.2) is 0 Å². The van der Waals surface area contributed by atoms with Gasteiger partial charge in [0.1, 0.15) is 17.5 Å². The average molecular weight is 397 g/mol. The zero-order valence-electron chi connectivity index (χ0n) is 15.9. The SMILES string of the molecule is COc1ccc(OC)c(C2CC(C(=O)NC3CCCC3)N(C)S(=O)(=O)N2)c1. The Labute approximate surface area is 160 Å². The molecular weight excluding hydrogens is 370 g/mol. The summed E-state index contributed by atoms with van der Waals surface area (Å²) in [6, 6.07) is 3.98. The second kappa shape index (κ2) is 8.04. The number of benzene rings is 1. The summed E-state index contributed by atoms with van der Waals surface area (Å²) in [5, 5.41) is 3.01. The van der Waals surface area contributed by atoms with Crippen LogP contribution in [0.3, 0.4) is 0 Å². The van der Waals surface area contributed by atoms with Crippen LogP contribution in [0, 0.1) is 0 Å². The molecular formula is C18H27N3O5S. The third kappa shape index (κ3) is 4.20. The molecule has 1 aliphatic heterocycles. The molecule has 0 bridgehead atoms. The molecule has 2 unspecified atom stereocenters. The zero-order valence-corrected chi connectivity index (χ0v) is 16.7. The Morgan fingerprint density at radius 1 is 1.22 bits per heavy atom. The molecule has 3 rings (SSSR count). The van der Waals surface area contributed by atoms with Crippen LogP contribution in [0.25, 0.3) is 0 Å². The summed E-state index contributed by atoms with van der Waals surface area (Å²) in [6.07, 6.45) is 4.38. The molecule has 1 aromatic carbocycles. The molecule has 2 fully saturated rings. The van der Waals surface area contributed by atoms with E-state index in [2.05, 4.69) is 10.0 Å². The van der Waals surface area contributed by atoms with E-state index in [0.717, 1.165) is 30.0 Å². The number of nitrogens with zero attached hydrogens (tertiary/aromatic N) is 1. The molecule has 0 spiro atoms. The maximum atomic E-state index is 12.8. The smallest absolute Gasteiger partial charge is 0.280 e. The number of likely N-dealkylation sites (N-methyl/N-ethyl adjacent to an activating group) is 1. The van der Waals surface area contributed by atoms with E-state index in [4.69, 9.17) is 9.47 Å². The molecule has 1 saturated heterocycles. The first-order valence-corrected chi connectivity index (χ1v) is 10.6. The van der Waals surface area contributed by atoms with Crippen molar-refractivity contribution in [2.24, 2.45) is 0 Å². The standard InChI is InChI=1S/C18H27N3O5S/c1-21-16(18(22)19-12-6-4-5-7-12)11-15(20-27(21,23)24)14-10-13(25-2)8-9-17(14)26-3/h8-10,12,15-16,20H,4-7,11H2,1-3H3,(H,19,22). The predicted octanol–water partition coefficient (Wildman–Crippen LogP) is 1.34. The zero-order chi connectivity index (χ0) is 19.6. The lowest BCUT2D eigenvalue weighted by atomic mass is 9.98. The van der Waals surface area contributed by atoms with Crippen molar-refractivity contribution in [3.8, 4) is 11.5 Å². The van der Waals surface area contributed by atoms with Crippen LogP contribution in [-0.4, -0.2) is 52.0 Å². The highest BCUT2D eigenvalue weighted by atomic mass is 32.2. The Bertz CT molecular complexity index is 792. The van der Waals surface area contributed by atoms with Gasteiger partial charge in [-0.05, 0) is 37.5 Å². The van der Waals surface area contributed by atoms with Crippen LogP contribution in [0.5, 0.6) is 11.5 Å². The first-order valence-electron chi connectivity index (χ1n) is 9.13. The van der Waals surface area contributed by atoms with Crippen molar-refractivity contribution in [2.45, 2.75) is 50.2 Å². The Kier molecular flexibility index (Phi) is 5.92. The summed E-state index contributed by atoms with van der Waals surface area (Å²) in [5.41, 5.74) is 0.646. The highest BCUT2D eigenvalue weighted by Gasteiger charge is 2.42. The minimum atomic E-state index is -3.81. The summed E-state index contributed by atoms with van der Waals surface area (Å²) >= 11 is 0. The van der Waals surface area contributed by atoms with Crippen LogP contribution in [0.1, 0.15) is 43.7 Å². The minimum Gasteiger partial charge on any atom is -0.497 e. The van der Waals surface area contributed by atoms with Gasteiger partial charge in [-0.2, -0.15) is 17.4 Å². The summed E-state index contributed by atoms with van der Waals surface area (Å²) in [4.78, 5) is 12.8. The van der Waals surface area contributed by atoms with Gasteiger partial charge in [0.2, 0.25) is 5.91 Å². The number of methoxy groups -OCH3 is 2. The second-order valence-electron chi connectivity index (χ2n) is 7.04. The topological polar surface area (TPSA) is 97.0 Å². The fourth-order valence-corrected chi connectivity index (χ4v) is 5.06. The van der Waals surface area contributed by atoms with Crippen LogP contribution in [-0.2, 0) is 15.0 Å². The molecule has 8 nitrogen and oxygen atoms in total. The molecule has 1 amide bonds. The third-order valence-electron chi connectivity index (χ3n) is 5.38. The Balaban J connectivity index is 1.88. The lowest BCUT2D eigenvalue weighted by Gasteiger charge is -2.37. The number of ether oxygens (including phenoxy) is 2. The minimum absolute atomic E-state index is 0.133. The van der Waals surface area contributed by atoms with Crippen molar-refractivity contribution in [3.63, 3.8) is 0 Å². The van der Waals surface area contributed by atoms with Crippen molar-refractivity contribution in [1.29, 1.82) is 0 Å². The molecule has 9 heteroatoms. The maximum Gasteiger partial charge on any atom is 0.280 e. The van der Waals surface area contributed by atoms with Gasteiger partial charge in [0.25, 0.3) is 10.2 Å². The summed E-state index contributed by atoms with van der Waals surface area (Å²) in [6.45, 7) is 0. The number of hydrogen-bond donors (Lipinski definition) is 2. The van der Waals surface area contributed by atoms with E-state index >= 15 is 0 Å². The van der Waals surface area contributed by atoms with Crippen LogP contribution in [0.2, 0.25) is 0 Å². The molecule has 0 aromatic heterocycles. The van der Waals surface area contributed by atoms with Crippen LogP contribution >= 0.6 is 0 Å². The highest BCUT2D eigenvalue weighted by molar-refractivity contribution is 7.87. The fraction of sp³-hybridized carbons (Fsp3) is 0.611. The van der Waals surface area contributed by atoms with Gasteiger partial charge in [0.15, 0.2) is 0 Å². The summed E-state index contributed by atoms with van der Waals surface area (Å²) < 4.78 is 39.7. The molecule has 1 aliphatic carbocycles. The number of hydrogen-bond acceptors (Lipinski definition) is 5. The monoisotopic (exact) mass is 397 g/mol. The fourth-order valence-electron chi connectivity index (χ4n) is 3.79. The Morgan fingerprint density at radius 3 is 2.56 bits per heavy atom. The Morgan fingerprint density at radius 2 is 1.93 bits per heavy atom. The van der Waals surface area contributed by atoms with Crippen molar-refractivity contribution in [1.82, 2.24) is 14.3 Å². The van der Waals surface area contributed by atoms with Crippen LogP contribution in [0.15, 0.2) is 18.2 Å². The molecule has 2 N–H and O–H groups in total. The number of carbonyl (C=O) groups excluding carboxylic acids is 1. The summed E-state index contributed by atoms with van der Waals surface area (Å²) in [7, 11) is 0.697. The van der Waals surface area contributed by atoms with E-state index < -0.39 is 22.3 Å². The number of rotatable bonds is 5. The quantitative estimate of drug-likeness (QED) is 0.782. The van der Waals surface area contributed by atoms with Crippen molar-refractivity contribution >= 4 is 16.1 Å². The van der Waals surface area contributed by atoms with E-state index in [1.54, 1.807) is 25.3 Å². The van der Waals surface area contributed by atoms with Gasteiger partial charge in [-0.3, -0.25) is 4.79 Å². The maximum absolute atomic E-state index is 12.8. The third-order valence-corrected chi connectivity index (χ3v) is 6.98. The second-order valence-corrected chi connectivity index (χ2v) is 8.80. The number of carbonyl (C=O) groups is 1. The molecule has 1 aromatic rings. The van der Waals surface area contributed by atoms with Gasteiger partial charge in [-0.15, -0.1) is 0 Å². The van der Waals surface area contributed by atoms with Gasteiger partial charge >= 0.3 is 0 Å². The highest BCUT2D eigenvalue weighted by Crippen LogP contribution is 2.35. The predicted molar refractivity (Wildman–Crippen MR) is 101 cm³/mol. The molecule has 0 radical (unpaired) electrons. The van der Waals surface area contributed by atoms with Gasteiger partial charge in [0, 0.05) is 18.7 Å². The molecule has 1 heterocycles. The van der Waals surface area contributed by atoms with E-state index in [-0.39, 0.29) is 11.9 Å². The first-order chi connectivity index (χ1) is 12.9. The molecule has 2 aliphatic rings. The molecule has 2 atom stereocenters. The largest absolute Gasteiger partial charge is 0.497 e. The van der Waals surface area contributed by atoms with E-state index in [9.17, 15) is 13.2 Å². The van der Waals surface area contributed by atoms with Crippen LogP contribution in [0.4, 0.5) is 0 Å². The van der Waals surface area contributed by atoms with Crippen LogP contribution < -0.4 is 19.5 Å². The van der Waals surface area contributed by atoms with Crippen molar-refractivity contribution < 1.29 is 22.7 Å². The van der Waals surface area contributed by atoms with E-state index in [1.165, 1.54) is 14.2 Å². The molecule has 27 heavy (non-hydrogen) atoms. The molecule has 1 saturated carbocycles. The first kappa shape index (κ1) is 19.9. The number of nitrogens with one attached hydrogen (secondary N) is 2. The van der Waals surface area contributed by atoms with Gasteiger partial charge in [0.05, 0.1) is 20.3 Å².